The summed E-state index contributed by atoms with van der Waals surface area (Å²) in [6, 6.07) is 24.3. The number of nitrogens with zero attached hydrogens (tertiary/aromatic N) is 2. The van der Waals surface area contributed by atoms with Gasteiger partial charge in [0.2, 0.25) is 5.78 Å². The number of nitro groups is 1. The molecule has 0 aliphatic carbocycles. The second kappa shape index (κ2) is 10.5. The predicted octanol–water partition coefficient (Wildman–Crippen LogP) is 4.78. The number of Topliss-reactive ketones (excluding diaryl/α,β-unsaturated/α-hetero) is 1. The number of carbonyl (C=O) groups is 2. The molecule has 3 aliphatic heterocycles. The molecule has 2 atom stereocenters. The summed E-state index contributed by atoms with van der Waals surface area (Å²) in [4.78, 5) is 37.1. The topological polar surface area (TPSA) is 98.5 Å². The average Bonchev–Trinajstić information content (AvgIpc) is 2.93. The normalized spacial score (nSPS) is 23.1. The van der Waals surface area contributed by atoms with Crippen LogP contribution in [0.25, 0.3) is 0 Å². The van der Waals surface area contributed by atoms with Crippen LogP contribution in [0.15, 0.2) is 84.9 Å². The van der Waals surface area contributed by atoms with Gasteiger partial charge in [0.25, 0.3) is 5.69 Å². The fourth-order valence-corrected chi connectivity index (χ4v) is 5.58. The highest BCUT2D eigenvalue weighted by molar-refractivity contribution is 5.97. The number of ether oxygens (including phenoxy) is 1. The van der Waals surface area contributed by atoms with Gasteiger partial charge in [0.1, 0.15) is 13.1 Å². The van der Waals surface area contributed by atoms with Crippen molar-refractivity contribution in [3.63, 3.8) is 0 Å². The van der Waals surface area contributed by atoms with Crippen molar-refractivity contribution >= 4 is 23.1 Å². The number of ketones is 1. The molecule has 8 nitrogen and oxygen atoms in total. The maximum absolute atomic E-state index is 13.5. The summed E-state index contributed by atoms with van der Waals surface area (Å²) in [7, 11) is 0. The summed E-state index contributed by atoms with van der Waals surface area (Å²) in [5.41, 5.74) is 2.09. The van der Waals surface area contributed by atoms with Gasteiger partial charge < -0.3 is 14.5 Å². The Kier molecular flexibility index (Phi) is 7.01. The van der Waals surface area contributed by atoms with Crippen LogP contribution in [-0.2, 0) is 9.53 Å². The van der Waals surface area contributed by atoms with Gasteiger partial charge in [-0.05, 0) is 29.8 Å². The number of carbonyl (C=O) groups excluding carboxylic acids is 2. The van der Waals surface area contributed by atoms with E-state index in [-0.39, 0.29) is 29.5 Å². The summed E-state index contributed by atoms with van der Waals surface area (Å²) < 4.78 is 6.74. The fourth-order valence-electron chi connectivity index (χ4n) is 5.58. The first-order chi connectivity index (χ1) is 17.9. The number of quaternary nitrogens is 1. The van der Waals surface area contributed by atoms with E-state index < -0.39 is 11.0 Å². The van der Waals surface area contributed by atoms with Gasteiger partial charge in [-0.15, -0.1) is 0 Å². The molecule has 3 saturated heterocycles. The molecule has 0 amide bonds. The van der Waals surface area contributed by atoms with E-state index in [4.69, 9.17) is 4.74 Å². The molecule has 0 saturated carbocycles. The van der Waals surface area contributed by atoms with Crippen molar-refractivity contribution in [2.75, 3.05) is 31.5 Å². The van der Waals surface area contributed by atoms with Crippen molar-refractivity contribution in [3.8, 4) is 0 Å². The van der Waals surface area contributed by atoms with E-state index in [2.05, 4.69) is 5.32 Å². The Labute approximate surface area is 215 Å². The minimum Gasteiger partial charge on any atom is -0.454 e. The fraction of sp³-hybridized carbons (Fsp3) is 0.310. The number of rotatable bonds is 9. The van der Waals surface area contributed by atoms with Crippen molar-refractivity contribution in [2.45, 2.75) is 25.0 Å². The molecule has 190 valence electrons. The third-order valence-corrected chi connectivity index (χ3v) is 7.64. The first-order valence-corrected chi connectivity index (χ1v) is 12.6. The summed E-state index contributed by atoms with van der Waals surface area (Å²) >= 11 is 0. The number of piperidine rings is 3. The first kappa shape index (κ1) is 24.6. The van der Waals surface area contributed by atoms with Gasteiger partial charge in [0, 0.05) is 42.1 Å². The highest BCUT2D eigenvalue weighted by Gasteiger charge is 2.49. The zero-order valence-electron chi connectivity index (χ0n) is 20.5. The van der Waals surface area contributed by atoms with E-state index in [9.17, 15) is 19.7 Å². The molecule has 6 rings (SSSR count). The molecule has 2 bridgehead atoms. The van der Waals surface area contributed by atoms with Crippen molar-refractivity contribution in [3.05, 3.63) is 106 Å². The number of para-hydroxylation sites is 1. The standard InChI is InChI=1S/C29H30N3O5/c33-26(21-11-13-25(14-12-21)31(35)36)19-32-17-15-22(16-18-32)27(20-32)37-29(34)28(23-7-3-1-4-8-23)30-24-9-5-2-6-10-24/h1-14,22,27-28,30H,15-20H2/q+1. The number of anilines is 1. The van der Waals surface area contributed by atoms with Crippen molar-refractivity contribution in [1.82, 2.24) is 0 Å². The first-order valence-electron chi connectivity index (χ1n) is 12.6. The minimum absolute atomic E-state index is 0.0357. The molecule has 3 heterocycles. The Morgan fingerprint density at radius 2 is 1.57 bits per heavy atom. The van der Waals surface area contributed by atoms with Crippen LogP contribution in [-0.4, -0.2) is 53.4 Å². The van der Waals surface area contributed by atoms with E-state index in [1.165, 1.54) is 24.3 Å². The van der Waals surface area contributed by atoms with Crippen LogP contribution in [0.2, 0.25) is 0 Å². The summed E-state index contributed by atoms with van der Waals surface area (Å²) in [5.74, 6) is -0.0894. The van der Waals surface area contributed by atoms with Crippen LogP contribution < -0.4 is 5.32 Å². The maximum Gasteiger partial charge on any atom is 0.333 e. The molecule has 3 aromatic carbocycles. The molecule has 3 fully saturated rings. The van der Waals surface area contributed by atoms with Gasteiger partial charge in [-0.1, -0.05) is 48.5 Å². The molecule has 2 unspecified atom stereocenters. The Morgan fingerprint density at radius 1 is 0.946 bits per heavy atom. The molecule has 3 aromatic rings. The molecular weight excluding hydrogens is 470 g/mol. The van der Waals surface area contributed by atoms with Crippen molar-refractivity contribution in [2.24, 2.45) is 5.92 Å². The van der Waals surface area contributed by atoms with E-state index in [0.717, 1.165) is 37.2 Å². The van der Waals surface area contributed by atoms with Crippen LogP contribution in [0.5, 0.6) is 0 Å². The van der Waals surface area contributed by atoms with E-state index in [1.54, 1.807) is 0 Å². The van der Waals surface area contributed by atoms with Crippen LogP contribution in [0.3, 0.4) is 0 Å². The van der Waals surface area contributed by atoms with Crippen LogP contribution in [0, 0.1) is 16.0 Å². The quantitative estimate of drug-likeness (QED) is 0.149. The molecule has 0 spiro atoms. The Morgan fingerprint density at radius 3 is 2.19 bits per heavy atom. The molecule has 8 heteroatoms. The number of nitrogens with one attached hydrogen (secondary N) is 1. The Bertz CT molecular complexity index is 1260. The summed E-state index contributed by atoms with van der Waals surface area (Å²) in [6.45, 7) is 2.62. The zero-order valence-corrected chi connectivity index (χ0v) is 20.5. The molecule has 0 aromatic heterocycles. The number of fused-ring (bicyclic) bond motifs is 3. The third-order valence-electron chi connectivity index (χ3n) is 7.64. The molecular formula is C29H30N3O5+. The average molecular weight is 501 g/mol. The van der Waals surface area contributed by atoms with Gasteiger partial charge in [-0.2, -0.15) is 0 Å². The molecule has 3 aliphatic rings. The van der Waals surface area contributed by atoms with Crippen LogP contribution in [0.1, 0.15) is 34.8 Å². The molecule has 0 radical (unpaired) electrons. The second-order valence-corrected chi connectivity index (χ2v) is 10.0. The third kappa shape index (κ3) is 5.54. The number of esters is 1. The number of non-ortho nitro benzene ring substituents is 1. The van der Waals surface area contributed by atoms with Crippen LogP contribution >= 0.6 is 0 Å². The van der Waals surface area contributed by atoms with Gasteiger partial charge in [-0.3, -0.25) is 14.9 Å². The summed E-state index contributed by atoms with van der Waals surface area (Å²) in [6.07, 6.45) is 1.53. The van der Waals surface area contributed by atoms with Crippen LogP contribution in [0.4, 0.5) is 11.4 Å². The van der Waals surface area contributed by atoms with Gasteiger partial charge in [-0.25, -0.2) is 4.79 Å². The lowest BCUT2D eigenvalue weighted by Gasteiger charge is -2.51. The Balaban J connectivity index is 1.29. The highest BCUT2D eigenvalue weighted by Crippen LogP contribution is 2.37. The highest BCUT2D eigenvalue weighted by atomic mass is 16.6. The number of hydrogen-bond acceptors (Lipinski definition) is 6. The zero-order chi connectivity index (χ0) is 25.8. The lowest BCUT2D eigenvalue weighted by molar-refractivity contribution is -0.938. The predicted molar refractivity (Wildman–Crippen MR) is 139 cm³/mol. The number of benzene rings is 3. The van der Waals surface area contributed by atoms with E-state index in [0.29, 0.717) is 23.1 Å². The van der Waals surface area contributed by atoms with E-state index >= 15 is 0 Å². The second-order valence-electron chi connectivity index (χ2n) is 10.0. The number of nitro benzene ring substituents is 1. The van der Waals surface area contributed by atoms with Crippen molar-refractivity contribution in [1.29, 1.82) is 0 Å². The SMILES string of the molecule is O=C(C[N+]12CCC(CC1)C(OC(=O)C(Nc1ccccc1)c1ccccc1)C2)c1ccc([N+](=O)[O-])cc1. The number of hydrogen-bond donors (Lipinski definition) is 1. The maximum atomic E-state index is 13.5. The lowest BCUT2D eigenvalue weighted by Crippen LogP contribution is -2.65. The van der Waals surface area contributed by atoms with Gasteiger partial charge in [0.15, 0.2) is 12.1 Å². The van der Waals surface area contributed by atoms with Crippen molar-refractivity contribution < 1.29 is 23.7 Å². The Hall–Kier alpha value is -4.04. The smallest absolute Gasteiger partial charge is 0.333 e. The molecule has 1 N–H and O–H groups in total. The van der Waals surface area contributed by atoms with Gasteiger partial charge in [0.05, 0.1) is 18.0 Å². The molecule has 37 heavy (non-hydrogen) atoms. The van der Waals surface area contributed by atoms with E-state index in [1.807, 2.05) is 60.7 Å². The summed E-state index contributed by atoms with van der Waals surface area (Å²) in [5, 5.41) is 14.3. The lowest BCUT2D eigenvalue weighted by atomic mass is 9.82. The monoisotopic (exact) mass is 500 g/mol. The largest absolute Gasteiger partial charge is 0.454 e. The minimum atomic E-state index is -0.644. The van der Waals surface area contributed by atoms with Gasteiger partial charge >= 0.3 is 5.97 Å².